The van der Waals surface area contributed by atoms with Gasteiger partial charge in [-0.15, -0.1) is 0 Å². The van der Waals surface area contributed by atoms with Crippen LogP contribution in [0.1, 0.15) is 117 Å². The Morgan fingerprint density at radius 2 is 0.955 bits per heavy atom. The Morgan fingerprint density at radius 1 is 0.545 bits per heavy atom. The smallest absolute Gasteiger partial charge is 0.00489 e. The average Bonchev–Trinajstić information content (AvgIpc) is 2.52. The van der Waals surface area contributed by atoms with Crippen molar-refractivity contribution in [2.75, 3.05) is 13.1 Å². The van der Waals surface area contributed by atoms with Gasteiger partial charge in [0, 0.05) is 0 Å². The molecule has 0 saturated heterocycles. The van der Waals surface area contributed by atoms with Gasteiger partial charge in [0.15, 0.2) is 0 Å². The average molecular weight is 312 g/mol. The first-order valence-corrected chi connectivity index (χ1v) is 10.5. The van der Waals surface area contributed by atoms with Crippen LogP contribution in [0.4, 0.5) is 0 Å². The Labute approximate surface area is 142 Å². The Balaban J connectivity index is 3.07. The molecule has 0 rings (SSSR count). The minimum absolute atomic E-state index is 0.957. The maximum Gasteiger partial charge on any atom is -0.00489 e. The highest BCUT2D eigenvalue weighted by molar-refractivity contribution is 4.56. The summed E-state index contributed by atoms with van der Waals surface area (Å²) in [4.78, 5) is 0. The van der Waals surface area contributed by atoms with Gasteiger partial charge in [-0.05, 0) is 31.8 Å². The molecule has 0 heterocycles. The summed E-state index contributed by atoms with van der Waals surface area (Å²) in [6.45, 7) is 9.50. The first-order chi connectivity index (χ1) is 10.8. The number of hydrogen-bond acceptors (Lipinski definition) is 1. The zero-order valence-electron chi connectivity index (χ0n) is 16.1. The van der Waals surface area contributed by atoms with Gasteiger partial charge in [-0.3, -0.25) is 0 Å². The van der Waals surface area contributed by atoms with Crippen LogP contribution in [0.5, 0.6) is 0 Å². The monoisotopic (exact) mass is 311 g/mol. The lowest BCUT2D eigenvalue weighted by Crippen LogP contribution is -2.16. The highest BCUT2D eigenvalue weighted by atomic mass is 14.8. The van der Waals surface area contributed by atoms with Crippen LogP contribution in [-0.4, -0.2) is 13.1 Å². The number of hydrogen-bond donors (Lipinski definition) is 1. The lowest BCUT2D eigenvalue weighted by Gasteiger charge is -2.11. The highest BCUT2D eigenvalue weighted by Crippen LogP contribution is 2.17. The van der Waals surface area contributed by atoms with Gasteiger partial charge in [-0.1, -0.05) is 104 Å². The van der Waals surface area contributed by atoms with Crippen molar-refractivity contribution in [3.63, 3.8) is 0 Å². The van der Waals surface area contributed by atoms with Crippen molar-refractivity contribution in [1.82, 2.24) is 5.32 Å². The van der Waals surface area contributed by atoms with Crippen LogP contribution < -0.4 is 5.32 Å². The second kappa shape index (κ2) is 19.0. The summed E-state index contributed by atoms with van der Waals surface area (Å²) in [5, 5.41) is 3.60. The third kappa shape index (κ3) is 18.0. The fourth-order valence-electron chi connectivity index (χ4n) is 3.14. The zero-order valence-corrected chi connectivity index (χ0v) is 16.1. The predicted octanol–water partition coefficient (Wildman–Crippen LogP) is 7.10. The Hall–Kier alpha value is -0.0400. The molecule has 0 aliphatic carbocycles. The Bertz CT molecular complexity index is 190. The van der Waals surface area contributed by atoms with Crippen LogP contribution in [0.25, 0.3) is 0 Å². The zero-order chi connectivity index (χ0) is 16.3. The maximum atomic E-state index is 3.60. The van der Waals surface area contributed by atoms with E-state index in [-0.39, 0.29) is 0 Å². The molecule has 0 spiro atoms. The predicted molar refractivity (Wildman–Crippen MR) is 103 cm³/mol. The van der Waals surface area contributed by atoms with E-state index in [1.807, 2.05) is 0 Å². The van der Waals surface area contributed by atoms with E-state index in [2.05, 4.69) is 26.1 Å². The summed E-state index contributed by atoms with van der Waals surface area (Å²) < 4.78 is 0. The lowest BCUT2D eigenvalue weighted by atomic mass is 9.96. The second-order valence-electron chi connectivity index (χ2n) is 7.32. The summed E-state index contributed by atoms with van der Waals surface area (Å²) in [6.07, 6.45) is 21.3. The van der Waals surface area contributed by atoms with Crippen LogP contribution in [0.3, 0.4) is 0 Å². The van der Waals surface area contributed by atoms with Crippen LogP contribution in [-0.2, 0) is 0 Å². The van der Waals surface area contributed by atoms with Gasteiger partial charge < -0.3 is 5.32 Å². The molecular formula is C21H45N. The Kier molecular flexibility index (Phi) is 19.0. The molecule has 0 amide bonds. The molecule has 0 aliphatic heterocycles. The lowest BCUT2D eigenvalue weighted by molar-refractivity contribution is 0.434. The first kappa shape index (κ1) is 22.0. The van der Waals surface area contributed by atoms with Crippen LogP contribution in [0.2, 0.25) is 0 Å². The van der Waals surface area contributed by atoms with Gasteiger partial charge in [-0.25, -0.2) is 0 Å². The van der Waals surface area contributed by atoms with E-state index in [1.165, 1.54) is 109 Å². The van der Waals surface area contributed by atoms with E-state index in [0.29, 0.717) is 0 Å². The van der Waals surface area contributed by atoms with E-state index in [9.17, 15) is 0 Å². The molecule has 1 nitrogen and oxygen atoms in total. The van der Waals surface area contributed by atoms with Gasteiger partial charge in [0.1, 0.15) is 0 Å². The van der Waals surface area contributed by atoms with Gasteiger partial charge in [0.25, 0.3) is 0 Å². The van der Waals surface area contributed by atoms with Crippen molar-refractivity contribution in [3.05, 3.63) is 0 Å². The molecule has 0 bridgehead atoms. The molecule has 1 unspecified atom stereocenters. The van der Waals surface area contributed by atoms with Crippen molar-refractivity contribution in [2.24, 2.45) is 5.92 Å². The quantitative estimate of drug-likeness (QED) is 0.266. The maximum absolute atomic E-state index is 3.60. The normalized spacial score (nSPS) is 12.7. The molecule has 0 aliphatic rings. The van der Waals surface area contributed by atoms with Crippen molar-refractivity contribution in [3.8, 4) is 0 Å². The second-order valence-corrected chi connectivity index (χ2v) is 7.32. The number of nitrogens with one attached hydrogen (secondary N) is 1. The third-order valence-electron chi connectivity index (χ3n) is 4.81. The molecule has 0 fully saturated rings. The minimum atomic E-state index is 0.957. The molecule has 0 aromatic carbocycles. The van der Waals surface area contributed by atoms with Crippen LogP contribution in [0, 0.1) is 5.92 Å². The number of rotatable bonds is 18. The largest absolute Gasteiger partial charge is 0.317 e. The molecule has 0 radical (unpaired) electrons. The van der Waals surface area contributed by atoms with Crippen molar-refractivity contribution in [2.45, 2.75) is 117 Å². The first-order valence-electron chi connectivity index (χ1n) is 10.5. The molecule has 1 heteroatoms. The highest BCUT2D eigenvalue weighted by Gasteiger charge is 2.01. The van der Waals surface area contributed by atoms with Crippen molar-refractivity contribution in [1.29, 1.82) is 0 Å². The van der Waals surface area contributed by atoms with E-state index in [1.54, 1.807) is 0 Å². The van der Waals surface area contributed by atoms with Gasteiger partial charge in [0.2, 0.25) is 0 Å². The minimum Gasteiger partial charge on any atom is -0.317 e. The van der Waals surface area contributed by atoms with Gasteiger partial charge >= 0.3 is 0 Å². The topological polar surface area (TPSA) is 12.0 Å². The van der Waals surface area contributed by atoms with E-state index < -0.39 is 0 Å². The third-order valence-corrected chi connectivity index (χ3v) is 4.81. The molecule has 134 valence electrons. The molecule has 22 heavy (non-hydrogen) atoms. The molecule has 0 aromatic rings. The SMILES string of the molecule is CCCCCCCNCCCCCCC(C)CCCCCC. The summed E-state index contributed by atoms with van der Waals surface area (Å²) in [6, 6.07) is 0. The van der Waals surface area contributed by atoms with Crippen molar-refractivity contribution < 1.29 is 0 Å². The molecule has 1 atom stereocenters. The van der Waals surface area contributed by atoms with E-state index in [0.717, 1.165) is 5.92 Å². The fraction of sp³-hybridized carbons (Fsp3) is 1.00. The van der Waals surface area contributed by atoms with E-state index >= 15 is 0 Å². The number of unbranched alkanes of at least 4 members (excludes halogenated alkanes) is 10. The fourth-order valence-corrected chi connectivity index (χ4v) is 3.14. The summed E-state index contributed by atoms with van der Waals surface area (Å²) in [5.41, 5.74) is 0. The molecule has 0 aromatic heterocycles. The summed E-state index contributed by atoms with van der Waals surface area (Å²) in [7, 11) is 0. The van der Waals surface area contributed by atoms with Gasteiger partial charge in [-0.2, -0.15) is 0 Å². The van der Waals surface area contributed by atoms with E-state index in [4.69, 9.17) is 0 Å². The molecule has 1 N–H and O–H groups in total. The van der Waals surface area contributed by atoms with Gasteiger partial charge in [0.05, 0.1) is 0 Å². The van der Waals surface area contributed by atoms with Crippen molar-refractivity contribution >= 4 is 0 Å². The molecule has 0 saturated carbocycles. The Morgan fingerprint density at radius 3 is 1.45 bits per heavy atom. The summed E-state index contributed by atoms with van der Waals surface area (Å²) >= 11 is 0. The van der Waals surface area contributed by atoms with Crippen LogP contribution in [0.15, 0.2) is 0 Å². The van der Waals surface area contributed by atoms with Crippen LogP contribution >= 0.6 is 0 Å². The summed E-state index contributed by atoms with van der Waals surface area (Å²) in [5.74, 6) is 0.957. The standard InChI is InChI=1S/C21H45N/c1-4-6-8-11-15-19-22-20-16-12-10-14-18-21(3)17-13-9-7-5-2/h21-22H,4-20H2,1-3H3. The molecular weight excluding hydrogens is 266 g/mol.